The largest absolute Gasteiger partial charge is 0.269 e. The van der Waals surface area contributed by atoms with Gasteiger partial charge in [0.25, 0.3) is 10.7 Å². The van der Waals surface area contributed by atoms with Gasteiger partial charge in [-0.05, 0) is 16.0 Å². The Labute approximate surface area is 125 Å². The van der Waals surface area contributed by atoms with Gasteiger partial charge < -0.3 is 0 Å². The van der Waals surface area contributed by atoms with E-state index in [1.807, 2.05) is 37.3 Å². The van der Waals surface area contributed by atoms with Gasteiger partial charge in [0.15, 0.2) is 5.01 Å². The van der Waals surface area contributed by atoms with E-state index in [4.69, 9.17) is 0 Å². The molecule has 0 saturated heterocycles. The lowest BCUT2D eigenvalue weighted by atomic mass is 10.2. The van der Waals surface area contributed by atoms with Crippen molar-refractivity contribution in [2.45, 2.75) is 6.92 Å². The molecule has 0 N–H and O–H groups in total. The smallest absolute Gasteiger partial charge is 0.258 e. The fraction of sp³-hybridized carbons (Fsp3) is 0.0667. The number of hydrogen-bond donors (Lipinski definition) is 0. The van der Waals surface area contributed by atoms with E-state index in [2.05, 4.69) is 5.10 Å². The number of rotatable bonds is 3. The highest BCUT2D eigenvalue weighted by Crippen LogP contribution is 2.23. The molecule has 5 nitrogen and oxygen atoms in total. The van der Waals surface area contributed by atoms with Crippen LogP contribution in [0.4, 0.5) is 5.69 Å². The Morgan fingerprint density at radius 3 is 2.38 bits per heavy atom. The van der Waals surface area contributed by atoms with Crippen LogP contribution in [0.1, 0.15) is 5.01 Å². The zero-order chi connectivity index (χ0) is 14.8. The Morgan fingerprint density at radius 1 is 1.10 bits per heavy atom. The standard InChI is InChI=1S/C15H12N3O2S/c1-11-17(13-7-9-14(10-8-13)18(19)20)16-15(21-11)12-5-3-2-4-6-12/h2-10H,1H3/q+1. The second-order valence-electron chi connectivity index (χ2n) is 4.48. The topological polar surface area (TPSA) is 59.9 Å². The van der Waals surface area contributed by atoms with Crippen LogP contribution in [0.15, 0.2) is 54.6 Å². The third-order valence-electron chi connectivity index (χ3n) is 3.06. The molecule has 1 aromatic heterocycles. The molecule has 0 spiro atoms. The molecule has 104 valence electrons. The van der Waals surface area contributed by atoms with Crippen LogP contribution in [-0.2, 0) is 0 Å². The highest BCUT2D eigenvalue weighted by molar-refractivity contribution is 7.14. The number of non-ortho nitro benzene ring substituents is 1. The first kappa shape index (κ1) is 13.4. The van der Waals surface area contributed by atoms with Gasteiger partial charge in [0.05, 0.1) is 4.92 Å². The summed E-state index contributed by atoms with van der Waals surface area (Å²) in [6, 6.07) is 16.3. The summed E-state index contributed by atoms with van der Waals surface area (Å²) < 4.78 is 1.80. The number of hydrogen-bond acceptors (Lipinski definition) is 4. The lowest BCUT2D eigenvalue weighted by Crippen LogP contribution is -2.34. The summed E-state index contributed by atoms with van der Waals surface area (Å²) in [6.45, 7) is 1.98. The zero-order valence-electron chi connectivity index (χ0n) is 11.3. The quantitative estimate of drug-likeness (QED) is 0.423. The summed E-state index contributed by atoms with van der Waals surface area (Å²) >= 11 is 1.59. The first-order valence-electron chi connectivity index (χ1n) is 6.35. The van der Waals surface area contributed by atoms with Crippen molar-refractivity contribution >= 4 is 17.0 Å². The van der Waals surface area contributed by atoms with Crippen LogP contribution >= 0.6 is 11.3 Å². The molecule has 0 aliphatic rings. The fourth-order valence-corrected chi connectivity index (χ4v) is 2.91. The molecular weight excluding hydrogens is 286 g/mol. The van der Waals surface area contributed by atoms with Crippen LogP contribution < -0.4 is 4.68 Å². The van der Waals surface area contributed by atoms with Crippen LogP contribution in [0.5, 0.6) is 0 Å². The molecule has 0 radical (unpaired) electrons. The van der Waals surface area contributed by atoms with Gasteiger partial charge >= 0.3 is 0 Å². The monoisotopic (exact) mass is 298 g/mol. The van der Waals surface area contributed by atoms with Crippen LogP contribution in [-0.4, -0.2) is 10.0 Å². The minimum atomic E-state index is -0.405. The van der Waals surface area contributed by atoms with Crippen molar-refractivity contribution in [3.05, 3.63) is 69.7 Å². The Morgan fingerprint density at radius 2 is 1.76 bits per heavy atom. The Kier molecular flexibility index (Phi) is 3.45. The van der Waals surface area contributed by atoms with Crippen molar-refractivity contribution in [2.24, 2.45) is 0 Å². The maximum absolute atomic E-state index is 10.7. The third kappa shape index (κ3) is 2.66. The van der Waals surface area contributed by atoms with Crippen molar-refractivity contribution in [1.29, 1.82) is 0 Å². The average Bonchev–Trinajstić information content (AvgIpc) is 2.90. The van der Waals surface area contributed by atoms with Gasteiger partial charge in [0.1, 0.15) is 0 Å². The average molecular weight is 298 g/mol. The highest BCUT2D eigenvalue weighted by atomic mass is 32.1. The summed E-state index contributed by atoms with van der Waals surface area (Å²) in [5.74, 6) is 0. The van der Waals surface area contributed by atoms with E-state index in [-0.39, 0.29) is 5.69 Å². The maximum atomic E-state index is 10.7. The molecule has 0 aliphatic heterocycles. The van der Waals surface area contributed by atoms with Crippen molar-refractivity contribution < 1.29 is 9.61 Å². The van der Waals surface area contributed by atoms with Gasteiger partial charge in [-0.3, -0.25) is 10.1 Å². The molecule has 6 heteroatoms. The molecule has 0 bridgehead atoms. The molecule has 0 atom stereocenters. The number of aryl methyl sites for hydroxylation is 1. The molecule has 2 aromatic carbocycles. The van der Waals surface area contributed by atoms with Crippen LogP contribution in [0, 0.1) is 17.0 Å². The summed E-state index contributed by atoms with van der Waals surface area (Å²) in [7, 11) is 0. The molecule has 3 aromatic rings. The number of benzene rings is 2. The molecule has 0 amide bonds. The van der Waals surface area contributed by atoms with Gasteiger partial charge in [0.2, 0.25) is 5.69 Å². The third-order valence-corrected chi connectivity index (χ3v) is 4.04. The number of aromatic nitrogens is 2. The Bertz CT molecular complexity index is 782. The molecule has 0 fully saturated rings. The number of nitrogens with zero attached hydrogens (tertiary/aromatic N) is 3. The van der Waals surface area contributed by atoms with Gasteiger partial charge in [-0.15, -0.1) is 0 Å². The molecule has 0 aliphatic carbocycles. The molecule has 21 heavy (non-hydrogen) atoms. The van der Waals surface area contributed by atoms with Crippen molar-refractivity contribution in [1.82, 2.24) is 5.10 Å². The van der Waals surface area contributed by atoms with E-state index >= 15 is 0 Å². The molecular formula is C15H12N3O2S+. The second kappa shape index (κ2) is 5.41. The van der Waals surface area contributed by atoms with Crippen molar-refractivity contribution in [3.63, 3.8) is 0 Å². The van der Waals surface area contributed by atoms with Gasteiger partial charge in [-0.2, -0.15) is 0 Å². The minimum absolute atomic E-state index is 0.0792. The lowest BCUT2D eigenvalue weighted by molar-refractivity contribution is -0.659. The first-order chi connectivity index (χ1) is 10.1. The summed E-state index contributed by atoms with van der Waals surface area (Å²) in [5.41, 5.74) is 1.96. The van der Waals surface area contributed by atoms with Crippen LogP contribution in [0.25, 0.3) is 16.3 Å². The zero-order valence-corrected chi connectivity index (χ0v) is 12.1. The molecule has 0 saturated carbocycles. The van der Waals surface area contributed by atoms with E-state index < -0.39 is 4.92 Å². The molecule has 1 heterocycles. The Hall–Kier alpha value is -2.60. The summed E-state index contributed by atoms with van der Waals surface area (Å²) in [4.78, 5) is 10.3. The lowest BCUT2D eigenvalue weighted by Gasteiger charge is -1.92. The number of nitro groups is 1. The SMILES string of the molecule is Cc1sc(-c2ccccc2)n[n+]1-c1ccc([N+](=O)[O-])cc1. The number of nitro benzene ring substituents is 1. The van der Waals surface area contributed by atoms with Crippen LogP contribution in [0.2, 0.25) is 0 Å². The van der Waals surface area contributed by atoms with E-state index in [9.17, 15) is 10.1 Å². The van der Waals surface area contributed by atoms with E-state index in [1.54, 1.807) is 28.2 Å². The predicted octanol–water partition coefficient (Wildman–Crippen LogP) is 3.30. The second-order valence-corrected chi connectivity index (χ2v) is 5.66. The first-order valence-corrected chi connectivity index (χ1v) is 7.17. The highest BCUT2D eigenvalue weighted by Gasteiger charge is 2.20. The fourth-order valence-electron chi connectivity index (χ4n) is 2.02. The summed E-state index contributed by atoms with van der Waals surface area (Å²) in [6.07, 6.45) is 0. The van der Waals surface area contributed by atoms with E-state index in [0.717, 1.165) is 21.3 Å². The summed E-state index contributed by atoms with van der Waals surface area (Å²) in [5, 5.41) is 17.2. The van der Waals surface area contributed by atoms with Crippen LogP contribution in [0.3, 0.4) is 0 Å². The van der Waals surface area contributed by atoms with Gasteiger partial charge in [0, 0.05) is 41.9 Å². The van der Waals surface area contributed by atoms with Crippen molar-refractivity contribution in [3.8, 4) is 16.3 Å². The van der Waals surface area contributed by atoms with Gasteiger partial charge in [-0.1, -0.05) is 30.3 Å². The van der Waals surface area contributed by atoms with E-state index in [1.165, 1.54) is 12.1 Å². The maximum Gasteiger partial charge on any atom is 0.269 e. The molecule has 3 rings (SSSR count). The Balaban J connectivity index is 2.00. The predicted molar refractivity (Wildman–Crippen MR) is 80.5 cm³/mol. The minimum Gasteiger partial charge on any atom is -0.258 e. The molecule has 0 unspecified atom stereocenters. The normalized spacial score (nSPS) is 10.5. The van der Waals surface area contributed by atoms with Crippen molar-refractivity contribution in [2.75, 3.05) is 0 Å². The van der Waals surface area contributed by atoms with Gasteiger partial charge in [-0.25, -0.2) is 0 Å². The van der Waals surface area contributed by atoms with E-state index in [0.29, 0.717) is 0 Å².